The number of hydrogen-bond donors (Lipinski definition) is 1. The first-order valence-electron chi connectivity index (χ1n) is 13.5. The number of fused-ring (bicyclic) bond motifs is 1. The van der Waals surface area contributed by atoms with E-state index < -0.39 is 37.1 Å². The summed E-state index contributed by atoms with van der Waals surface area (Å²) in [6, 6.07) is 19.0. The summed E-state index contributed by atoms with van der Waals surface area (Å²) in [5.74, 6) is -1.93. The molecule has 214 valence electrons. The monoisotopic (exact) mass is 593 g/mol. The lowest BCUT2D eigenvalue weighted by Crippen LogP contribution is -2.36. The summed E-state index contributed by atoms with van der Waals surface area (Å²) in [5.41, 5.74) is 3.52. The van der Waals surface area contributed by atoms with Gasteiger partial charge in [-0.05, 0) is 65.4 Å². The molecule has 3 aromatic rings. The number of carboxylic acids is 1. The van der Waals surface area contributed by atoms with E-state index in [1.54, 1.807) is 29.2 Å². The van der Waals surface area contributed by atoms with E-state index in [4.69, 9.17) is 5.11 Å². The van der Waals surface area contributed by atoms with Crippen molar-refractivity contribution in [1.82, 2.24) is 0 Å². The van der Waals surface area contributed by atoms with E-state index in [2.05, 4.69) is 0 Å². The predicted octanol–water partition coefficient (Wildman–Crippen LogP) is 5.13. The minimum atomic E-state index is -3.69. The molecule has 1 aliphatic heterocycles. The Bertz CT molecular complexity index is 1720. The Kier molecular flexibility index (Phi) is 8.15. The summed E-state index contributed by atoms with van der Waals surface area (Å²) in [6.07, 6.45) is 7.38. The maximum absolute atomic E-state index is 13.7. The molecule has 41 heavy (non-hydrogen) atoms. The summed E-state index contributed by atoms with van der Waals surface area (Å²) in [4.78, 5) is 26.2. The number of sulfone groups is 2. The highest BCUT2D eigenvalue weighted by molar-refractivity contribution is 7.97. The zero-order valence-electron chi connectivity index (χ0n) is 22.4. The summed E-state index contributed by atoms with van der Waals surface area (Å²) in [7, 11) is -7.33. The number of anilines is 1. The van der Waals surface area contributed by atoms with Crippen molar-refractivity contribution in [3.63, 3.8) is 0 Å². The second-order valence-corrected chi connectivity index (χ2v) is 14.7. The molecule has 0 spiro atoms. The fraction of sp³-hybridized carbons (Fsp3) is 0.290. The standard InChI is InChI=1S/C31H31NO7S2/c33-30(34)16-11-22-5-4-8-27(19-22)32(31(35)25-6-2-1-3-7-25)21-23-9-12-24(13-10-23)26-14-15-28-29(20-26)41(38,39)18-17-40(28,36)37/h4-5,8-16,19-20,25H,1-3,6-7,17-18,21H2,(H,33,34). The highest BCUT2D eigenvalue weighted by Crippen LogP contribution is 2.33. The van der Waals surface area contributed by atoms with Gasteiger partial charge < -0.3 is 10.0 Å². The average Bonchev–Trinajstić information content (AvgIpc) is 2.97. The molecular formula is C31H31NO7S2. The number of hydrogen-bond acceptors (Lipinski definition) is 6. The molecule has 10 heteroatoms. The van der Waals surface area contributed by atoms with Crippen molar-refractivity contribution in [3.05, 3.63) is 83.9 Å². The topological polar surface area (TPSA) is 126 Å². The zero-order valence-corrected chi connectivity index (χ0v) is 24.0. The van der Waals surface area contributed by atoms with Crippen LogP contribution in [0.2, 0.25) is 0 Å². The second-order valence-electron chi connectivity index (χ2n) is 10.5. The van der Waals surface area contributed by atoms with Crippen LogP contribution in [0.1, 0.15) is 43.2 Å². The minimum absolute atomic E-state index is 0.0363. The van der Waals surface area contributed by atoms with Gasteiger partial charge in [-0.1, -0.05) is 61.7 Å². The van der Waals surface area contributed by atoms with Crippen LogP contribution in [0.15, 0.2) is 82.6 Å². The second kappa shape index (κ2) is 11.6. The summed E-state index contributed by atoms with van der Waals surface area (Å²) < 4.78 is 50.0. The highest BCUT2D eigenvalue weighted by atomic mass is 32.2. The number of carbonyl (C=O) groups excluding carboxylic acids is 1. The van der Waals surface area contributed by atoms with Gasteiger partial charge in [0.2, 0.25) is 5.91 Å². The van der Waals surface area contributed by atoms with Crippen molar-refractivity contribution in [2.75, 3.05) is 16.4 Å². The molecule has 1 saturated carbocycles. The van der Waals surface area contributed by atoms with Crippen LogP contribution in [0.25, 0.3) is 17.2 Å². The molecule has 0 bridgehead atoms. The largest absolute Gasteiger partial charge is 0.478 e. The number of carboxylic acid groups (broad SMARTS) is 1. The van der Waals surface area contributed by atoms with Crippen LogP contribution in [0.4, 0.5) is 5.69 Å². The van der Waals surface area contributed by atoms with E-state index in [9.17, 15) is 26.4 Å². The molecular weight excluding hydrogens is 562 g/mol. The van der Waals surface area contributed by atoms with Crippen LogP contribution in [-0.2, 0) is 35.8 Å². The lowest BCUT2D eigenvalue weighted by atomic mass is 9.88. The first-order valence-corrected chi connectivity index (χ1v) is 16.9. The van der Waals surface area contributed by atoms with E-state index in [0.29, 0.717) is 23.4 Å². The molecule has 0 unspecified atom stereocenters. The molecule has 0 atom stereocenters. The van der Waals surface area contributed by atoms with Gasteiger partial charge >= 0.3 is 5.97 Å². The first kappa shape index (κ1) is 28.8. The predicted molar refractivity (Wildman–Crippen MR) is 157 cm³/mol. The maximum atomic E-state index is 13.7. The van der Waals surface area contributed by atoms with Crippen LogP contribution in [0.3, 0.4) is 0 Å². The summed E-state index contributed by atoms with van der Waals surface area (Å²) in [5, 5.41) is 9.01. The summed E-state index contributed by atoms with van der Waals surface area (Å²) >= 11 is 0. The highest BCUT2D eigenvalue weighted by Gasteiger charge is 2.34. The molecule has 1 aliphatic carbocycles. The van der Waals surface area contributed by atoms with E-state index in [1.165, 1.54) is 18.2 Å². The number of rotatable bonds is 7. The maximum Gasteiger partial charge on any atom is 0.328 e. The van der Waals surface area contributed by atoms with Gasteiger partial charge in [0, 0.05) is 17.7 Å². The van der Waals surface area contributed by atoms with Gasteiger partial charge in [0.1, 0.15) is 0 Å². The Morgan fingerprint density at radius 1 is 0.805 bits per heavy atom. The fourth-order valence-corrected chi connectivity index (χ4v) is 9.72. The van der Waals surface area contributed by atoms with Gasteiger partial charge in [0.25, 0.3) is 0 Å². The minimum Gasteiger partial charge on any atom is -0.478 e. The lowest BCUT2D eigenvalue weighted by molar-refractivity contribution is -0.131. The van der Waals surface area contributed by atoms with Crippen molar-refractivity contribution in [2.24, 2.45) is 5.92 Å². The molecule has 0 radical (unpaired) electrons. The van der Waals surface area contributed by atoms with Gasteiger partial charge in [-0.2, -0.15) is 0 Å². The van der Waals surface area contributed by atoms with E-state index >= 15 is 0 Å². The van der Waals surface area contributed by atoms with Gasteiger partial charge in [-0.15, -0.1) is 0 Å². The van der Waals surface area contributed by atoms with Crippen LogP contribution >= 0.6 is 0 Å². The van der Waals surface area contributed by atoms with Gasteiger partial charge in [-0.25, -0.2) is 21.6 Å². The number of aliphatic carboxylic acids is 1. The molecule has 2 aliphatic rings. The third kappa shape index (κ3) is 6.44. The van der Waals surface area contributed by atoms with Crippen LogP contribution in [0, 0.1) is 5.92 Å². The molecule has 0 saturated heterocycles. The quantitative estimate of drug-likeness (QED) is 0.377. The first-order chi connectivity index (χ1) is 19.5. The van der Waals surface area contributed by atoms with E-state index in [-0.39, 0.29) is 21.6 Å². The van der Waals surface area contributed by atoms with Crippen LogP contribution < -0.4 is 4.90 Å². The van der Waals surface area contributed by atoms with Gasteiger partial charge in [-0.3, -0.25) is 4.79 Å². The van der Waals surface area contributed by atoms with Crippen LogP contribution in [-0.4, -0.2) is 45.3 Å². The van der Waals surface area contributed by atoms with Gasteiger partial charge in [0.05, 0.1) is 27.8 Å². The number of amides is 1. The smallest absolute Gasteiger partial charge is 0.328 e. The molecule has 5 rings (SSSR count). The molecule has 1 amide bonds. The SMILES string of the molecule is O=C(O)C=Cc1cccc(N(Cc2ccc(-c3ccc4c(c3)S(=O)(=O)CCS4(=O)=O)cc2)C(=O)C2CCCCC2)c1. The Labute approximate surface area is 240 Å². The molecule has 1 heterocycles. The number of carbonyl (C=O) groups is 2. The average molecular weight is 594 g/mol. The molecule has 1 N–H and O–H groups in total. The van der Waals surface area contributed by atoms with Crippen LogP contribution in [0.5, 0.6) is 0 Å². The van der Waals surface area contributed by atoms with Gasteiger partial charge in [0.15, 0.2) is 19.7 Å². The zero-order chi connectivity index (χ0) is 29.2. The van der Waals surface area contributed by atoms with Crippen molar-refractivity contribution >= 4 is 43.3 Å². The lowest BCUT2D eigenvalue weighted by Gasteiger charge is -2.30. The van der Waals surface area contributed by atoms with Crippen molar-refractivity contribution in [2.45, 2.75) is 48.4 Å². The Morgan fingerprint density at radius 2 is 1.46 bits per heavy atom. The number of benzene rings is 3. The normalized spacial score (nSPS) is 18.0. The summed E-state index contributed by atoms with van der Waals surface area (Å²) in [6.45, 7) is 0.304. The molecule has 1 fully saturated rings. The van der Waals surface area contributed by atoms with E-state index in [0.717, 1.165) is 49.3 Å². The van der Waals surface area contributed by atoms with E-state index in [1.807, 2.05) is 30.3 Å². The molecule has 0 aromatic heterocycles. The third-order valence-corrected chi connectivity index (χ3v) is 11.6. The Hall–Kier alpha value is -3.76. The van der Waals surface area contributed by atoms with Crippen molar-refractivity contribution < 1.29 is 31.5 Å². The molecule has 3 aromatic carbocycles. The third-order valence-electron chi connectivity index (χ3n) is 7.68. The fourth-order valence-electron chi connectivity index (χ4n) is 5.44. The van der Waals surface area contributed by atoms with Crippen molar-refractivity contribution in [3.8, 4) is 11.1 Å². The number of nitrogens with zero attached hydrogens (tertiary/aromatic N) is 1. The van der Waals surface area contributed by atoms with Crippen molar-refractivity contribution in [1.29, 1.82) is 0 Å². The Balaban J connectivity index is 1.44. The Morgan fingerprint density at radius 3 is 2.15 bits per heavy atom. The molecule has 8 nitrogen and oxygen atoms in total.